The molecule has 0 aliphatic carbocycles. The van der Waals surface area contributed by atoms with Crippen LogP contribution in [0.2, 0.25) is 0 Å². The molecule has 0 saturated carbocycles. The van der Waals surface area contributed by atoms with Crippen LogP contribution in [0.15, 0.2) is 24.5 Å². The van der Waals surface area contributed by atoms with Crippen molar-refractivity contribution < 1.29 is 14.3 Å². The van der Waals surface area contributed by atoms with Crippen molar-refractivity contribution in [1.82, 2.24) is 10.3 Å². The van der Waals surface area contributed by atoms with Gasteiger partial charge in [-0.05, 0) is 18.1 Å². The molecule has 1 aromatic heterocycles. The minimum atomic E-state index is -0.799. The Hall–Kier alpha value is -2.42. The van der Waals surface area contributed by atoms with Gasteiger partial charge in [-0.3, -0.25) is 9.78 Å². The van der Waals surface area contributed by atoms with Crippen LogP contribution in [-0.4, -0.2) is 29.5 Å². The lowest BCUT2D eigenvalue weighted by molar-refractivity contribution is -0.146. The van der Waals surface area contributed by atoms with Crippen molar-refractivity contribution in [2.24, 2.45) is 0 Å². The van der Waals surface area contributed by atoms with Crippen LogP contribution < -0.4 is 5.32 Å². The van der Waals surface area contributed by atoms with Crippen LogP contribution in [0.1, 0.15) is 25.3 Å². The van der Waals surface area contributed by atoms with E-state index in [1.54, 1.807) is 24.5 Å². The predicted molar refractivity (Wildman–Crippen MR) is 71.4 cm³/mol. The number of hydrogen-bond acceptors (Lipinski definition) is 5. The predicted octanol–water partition coefficient (Wildman–Crippen LogP) is 0.976. The molecule has 1 amide bonds. The molecule has 106 valence electrons. The number of ether oxygens (including phenoxy) is 1. The first-order valence-corrected chi connectivity index (χ1v) is 6.39. The van der Waals surface area contributed by atoms with Crippen LogP contribution in [0.4, 0.5) is 0 Å². The summed E-state index contributed by atoms with van der Waals surface area (Å²) in [6.07, 6.45) is 4.57. The maximum absolute atomic E-state index is 11.8. The van der Waals surface area contributed by atoms with E-state index in [0.717, 1.165) is 5.56 Å². The number of carbonyl (C=O) groups excluding carboxylic acids is 2. The Bertz CT molecular complexity index is 482. The molecule has 1 aromatic rings. The highest BCUT2D eigenvalue weighted by atomic mass is 16.5. The fourth-order valence-corrected chi connectivity index (χ4v) is 1.65. The lowest BCUT2D eigenvalue weighted by atomic mass is 10.1. The van der Waals surface area contributed by atoms with E-state index < -0.39 is 12.0 Å². The van der Waals surface area contributed by atoms with Gasteiger partial charge < -0.3 is 10.1 Å². The average Bonchev–Trinajstić information content (AvgIpc) is 2.45. The zero-order valence-corrected chi connectivity index (χ0v) is 11.3. The monoisotopic (exact) mass is 275 g/mol. The smallest absolute Gasteiger partial charge is 0.330 e. The molecule has 6 nitrogen and oxygen atoms in total. The molecule has 20 heavy (non-hydrogen) atoms. The molecule has 1 rings (SSSR count). The Morgan fingerprint density at radius 3 is 2.95 bits per heavy atom. The number of nitrogens with one attached hydrogen (secondary N) is 1. The van der Waals surface area contributed by atoms with Gasteiger partial charge in [0.05, 0.1) is 0 Å². The Kier molecular flexibility index (Phi) is 6.76. The Labute approximate surface area is 117 Å². The van der Waals surface area contributed by atoms with E-state index in [2.05, 4.69) is 10.3 Å². The van der Waals surface area contributed by atoms with E-state index >= 15 is 0 Å². The molecule has 1 atom stereocenters. The molecule has 0 aromatic carbocycles. The fraction of sp³-hybridized carbons (Fsp3) is 0.429. The highest BCUT2D eigenvalue weighted by Gasteiger charge is 2.22. The van der Waals surface area contributed by atoms with Gasteiger partial charge in [-0.25, -0.2) is 4.79 Å². The van der Waals surface area contributed by atoms with Gasteiger partial charge in [0.1, 0.15) is 12.1 Å². The number of amides is 1. The maximum atomic E-state index is 11.8. The summed E-state index contributed by atoms with van der Waals surface area (Å²) in [5.41, 5.74) is 0.809. The van der Waals surface area contributed by atoms with Gasteiger partial charge >= 0.3 is 5.97 Å². The first kappa shape index (κ1) is 15.6. The van der Waals surface area contributed by atoms with Crippen molar-refractivity contribution in [2.45, 2.75) is 32.2 Å². The number of hydrogen-bond donors (Lipinski definition) is 1. The van der Waals surface area contributed by atoms with Crippen molar-refractivity contribution >= 4 is 11.9 Å². The molecular formula is C14H17N3O3. The fourth-order valence-electron chi connectivity index (χ4n) is 1.65. The summed E-state index contributed by atoms with van der Waals surface area (Å²) in [7, 11) is 0. The van der Waals surface area contributed by atoms with Gasteiger partial charge in [-0.2, -0.15) is 5.26 Å². The van der Waals surface area contributed by atoms with Gasteiger partial charge in [0.25, 0.3) is 0 Å². The first-order chi connectivity index (χ1) is 9.67. The van der Waals surface area contributed by atoms with E-state index in [1.165, 1.54) is 0 Å². The average molecular weight is 275 g/mol. The number of aromatic nitrogens is 1. The molecule has 0 bridgehead atoms. The topological polar surface area (TPSA) is 92.1 Å². The second kappa shape index (κ2) is 8.64. The van der Waals surface area contributed by atoms with Crippen LogP contribution in [0, 0.1) is 11.3 Å². The van der Waals surface area contributed by atoms with Gasteiger partial charge in [0, 0.05) is 25.2 Å². The molecule has 0 unspecified atom stereocenters. The standard InChI is InChI=1S/C14H17N3O3/c1-2-4-13(18)17-12(14(19)20-8-6-15)9-11-5-3-7-16-10-11/h3,5,7,10,12H,2,4,8-9H2,1H3,(H,17,18)/t12-/m0/s1. The number of carbonyl (C=O) groups is 2. The number of rotatable bonds is 7. The molecule has 1 N–H and O–H groups in total. The lowest BCUT2D eigenvalue weighted by Gasteiger charge is -2.16. The maximum Gasteiger partial charge on any atom is 0.330 e. The summed E-state index contributed by atoms with van der Waals surface area (Å²) in [5, 5.41) is 11.1. The SMILES string of the molecule is CCCC(=O)N[C@@H](Cc1cccnc1)C(=O)OCC#N. The summed E-state index contributed by atoms with van der Waals surface area (Å²) < 4.78 is 4.77. The summed E-state index contributed by atoms with van der Waals surface area (Å²) in [6.45, 7) is 1.55. The molecular weight excluding hydrogens is 258 g/mol. The van der Waals surface area contributed by atoms with E-state index in [1.807, 2.05) is 13.0 Å². The van der Waals surface area contributed by atoms with Crippen molar-refractivity contribution in [3.63, 3.8) is 0 Å². The van der Waals surface area contributed by atoms with Crippen molar-refractivity contribution in [3.05, 3.63) is 30.1 Å². The first-order valence-electron chi connectivity index (χ1n) is 6.39. The van der Waals surface area contributed by atoms with Gasteiger partial charge in [0.2, 0.25) is 5.91 Å². The summed E-state index contributed by atoms with van der Waals surface area (Å²) in [4.78, 5) is 27.4. The number of nitriles is 1. The quantitative estimate of drug-likeness (QED) is 0.749. The highest BCUT2D eigenvalue weighted by Crippen LogP contribution is 2.04. The number of nitrogens with zero attached hydrogens (tertiary/aromatic N) is 2. The van der Waals surface area contributed by atoms with Gasteiger partial charge in [-0.15, -0.1) is 0 Å². The van der Waals surface area contributed by atoms with E-state index in [4.69, 9.17) is 10.00 Å². The second-order valence-corrected chi connectivity index (χ2v) is 4.20. The van der Waals surface area contributed by atoms with Crippen molar-refractivity contribution in [3.8, 4) is 6.07 Å². The highest BCUT2D eigenvalue weighted by molar-refractivity contribution is 5.84. The van der Waals surface area contributed by atoms with Gasteiger partial charge in [0.15, 0.2) is 6.61 Å². The van der Waals surface area contributed by atoms with Gasteiger partial charge in [-0.1, -0.05) is 13.0 Å². The zero-order valence-electron chi connectivity index (χ0n) is 11.3. The molecule has 6 heteroatoms. The normalized spacial score (nSPS) is 11.2. The number of pyridine rings is 1. The molecule has 0 radical (unpaired) electrons. The summed E-state index contributed by atoms with van der Waals surface area (Å²) in [5.74, 6) is -0.824. The Morgan fingerprint density at radius 2 is 2.35 bits per heavy atom. The molecule has 0 aliphatic heterocycles. The minimum absolute atomic E-state index is 0.213. The third kappa shape index (κ3) is 5.48. The molecule has 1 heterocycles. The third-order valence-electron chi connectivity index (χ3n) is 2.54. The Morgan fingerprint density at radius 1 is 1.55 bits per heavy atom. The molecule has 0 aliphatic rings. The van der Waals surface area contributed by atoms with Crippen LogP contribution in [0.25, 0.3) is 0 Å². The Balaban J connectivity index is 2.70. The van der Waals surface area contributed by atoms with Crippen molar-refractivity contribution in [1.29, 1.82) is 5.26 Å². The van der Waals surface area contributed by atoms with Crippen LogP contribution in [-0.2, 0) is 20.7 Å². The largest absolute Gasteiger partial charge is 0.449 e. The number of esters is 1. The van der Waals surface area contributed by atoms with Crippen molar-refractivity contribution in [2.75, 3.05) is 6.61 Å². The molecule has 0 saturated heterocycles. The summed E-state index contributed by atoms with van der Waals surface area (Å²) >= 11 is 0. The van der Waals surface area contributed by atoms with E-state index in [9.17, 15) is 9.59 Å². The second-order valence-electron chi connectivity index (χ2n) is 4.20. The molecule has 0 spiro atoms. The van der Waals surface area contributed by atoms with E-state index in [-0.39, 0.29) is 18.9 Å². The van der Waals surface area contributed by atoms with Crippen LogP contribution in [0.3, 0.4) is 0 Å². The molecule has 0 fully saturated rings. The third-order valence-corrected chi connectivity index (χ3v) is 2.54. The zero-order chi connectivity index (χ0) is 14.8. The lowest BCUT2D eigenvalue weighted by Crippen LogP contribution is -2.43. The van der Waals surface area contributed by atoms with E-state index in [0.29, 0.717) is 12.8 Å². The minimum Gasteiger partial charge on any atom is -0.449 e. The van der Waals surface area contributed by atoms with Crippen LogP contribution >= 0.6 is 0 Å². The van der Waals surface area contributed by atoms with Crippen LogP contribution in [0.5, 0.6) is 0 Å². The summed E-state index contributed by atoms with van der Waals surface area (Å²) in [6, 6.07) is 4.49.